The van der Waals surface area contributed by atoms with E-state index in [4.69, 9.17) is 15.9 Å². The summed E-state index contributed by atoms with van der Waals surface area (Å²) in [5.74, 6) is 1.99. The van der Waals surface area contributed by atoms with Crippen molar-refractivity contribution in [1.82, 2.24) is 0 Å². The number of hydrogen-bond donors (Lipinski definition) is 2. The summed E-state index contributed by atoms with van der Waals surface area (Å²) < 4.78 is 5.19. The lowest BCUT2D eigenvalue weighted by Crippen LogP contribution is -2.12. The monoisotopic (exact) mass is 252 g/mol. The Labute approximate surface area is 107 Å². The van der Waals surface area contributed by atoms with E-state index >= 15 is 0 Å². The summed E-state index contributed by atoms with van der Waals surface area (Å²) in [6, 6.07) is 5.64. The maximum absolute atomic E-state index is 7.54. The highest BCUT2D eigenvalue weighted by molar-refractivity contribution is 7.99. The predicted octanol–water partition coefficient (Wildman–Crippen LogP) is 3.26. The van der Waals surface area contributed by atoms with E-state index in [1.54, 1.807) is 18.9 Å². The topological polar surface area (TPSA) is 59.1 Å². The van der Waals surface area contributed by atoms with Gasteiger partial charge in [0.25, 0.3) is 0 Å². The number of ether oxygens (including phenoxy) is 1. The Balaban J connectivity index is 2.75. The minimum absolute atomic E-state index is 0.116. The van der Waals surface area contributed by atoms with Gasteiger partial charge < -0.3 is 10.5 Å². The first-order valence-corrected chi connectivity index (χ1v) is 6.82. The van der Waals surface area contributed by atoms with Crippen molar-refractivity contribution in [2.24, 2.45) is 5.73 Å². The third-order valence-electron chi connectivity index (χ3n) is 2.48. The Hall–Kier alpha value is -1.16. The van der Waals surface area contributed by atoms with Gasteiger partial charge in [-0.05, 0) is 30.4 Å². The standard InChI is InChI=1S/C13H20N2OS/c1-3-4-5-8-17-12-9-10(16-2)6-7-11(12)13(14)15/h6-7,9H,3-5,8H2,1-2H3,(H3,14,15). The van der Waals surface area contributed by atoms with Gasteiger partial charge in [-0.2, -0.15) is 0 Å². The molecule has 0 saturated heterocycles. The molecular formula is C13H20N2OS. The van der Waals surface area contributed by atoms with Crippen LogP contribution in [0.15, 0.2) is 23.1 Å². The first-order valence-electron chi connectivity index (χ1n) is 5.84. The first-order chi connectivity index (χ1) is 8.19. The fourth-order valence-electron chi connectivity index (χ4n) is 1.51. The number of unbranched alkanes of at least 4 members (excludes halogenated alkanes) is 2. The van der Waals surface area contributed by atoms with Gasteiger partial charge in [0, 0.05) is 10.5 Å². The Morgan fingerprint density at radius 2 is 2.18 bits per heavy atom. The van der Waals surface area contributed by atoms with Crippen molar-refractivity contribution in [2.45, 2.75) is 31.1 Å². The quantitative estimate of drug-likeness (QED) is 0.339. The number of amidine groups is 1. The highest BCUT2D eigenvalue weighted by atomic mass is 32.2. The van der Waals surface area contributed by atoms with Crippen LogP contribution in [0.2, 0.25) is 0 Å². The maximum Gasteiger partial charge on any atom is 0.123 e. The molecular weight excluding hydrogens is 232 g/mol. The van der Waals surface area contributed by atoms with Crippen LogP contribution in [-0.2, 0) is 0 Å². The summed E-state index contributed by atoms with van der Waals surface area (Å²) in [6.45, 7) is 2.19. The maximum atomic E-state index is 7.54. The zero-order valence-corrected chi connectivity index (χ0v) is 11.3. The lowest BCUT2D eigenvalue weighted by molar-refractivity contribution is 0.413. The number of nitrogens with one attached hydrogen (secondary N) is 1. The lowest BCUT2D eigenvalue weighted by atomic mass is 10.2. The highest BCUT2D eigenvalue weighted by Crippen LogP contribution is 2.28. The molecule has 0 spiro atoms. The van der Waals surface area contributed by atoms with E-state index in [1.165, 1.54) is 19.3 Å². The van der Waals surface area contributed by atoms with E-state index < -0.39 is 0 Å². The van der Waals surface area contributed by atoms with Crippen LogP contribution < -0.4 is 10.5 Å². The molecule has 0 heterocycles. The van der Waals surface area contributed by atoms with Gasteiger partial charge in [-0.15, -0.1) is 11.8 Å². The molecule has 1 rings (SSSR count). The molecule has 4 heteroatoms. The predicted molar refractivity (Wildman–Crippen MR) is 74.3 cm³/mol. The van der Waals surface area contributed by atoms with Gasteiger partial charge in [0.1, 0.15) is 11.6 Å². The van der Waals surface area contributed by atoms with Crippen molar-refractivity contribution >= 4 is 17.6 Å². The zero-order chi connectivity index (χ0) is 12.7. The lowest BCUT2D eigenvalue weighted by Gasteiger charge is -2.09. The molecule has 0 aliphatic rings. The van der Waals surface area contributed by atoms with Crippen molar-refractivity contribution in [3.63, 3.8) is 0 Å². The Morgan fingerprint density at radius 3 is 2.76 bits per heavy atom. The van der Waals surface area contributed by atoms with Gasteiger partial charge >= 0.3 is 0 Å². The average Bonchev–Trinajstić information content (AvgIpc) is 2.34. The van der Waals surface area contributed by atoms with E-state index in [1.807, 2.05) is 18.2 Å². The molecule has 0 aliphatic heterocycles. The van der Waals surface area contributed by atoms with E-state index in [2.05, 4.69) is 6.92 Å². The molecule has 0 aromatic heterocycles. The number of hydrogen-bond acceptors (Lipinski definition) is 3. The molecule has 0 unspecified atom stereocenters. The van der Waals surface area contributed by atoms with E-state index in [9.17, 15) is 0 Å². The minimum atomic E-state index is 0.116. The summed E-state index contributed by atoms with van der Waals surface area (Å²) in [6.07, 6.45) is 3.65. The minimum Gasteiger partial charge on any atom is -0.497 e. The van der Waals surface area contributed by atoms with Gasteiger partial charge in [0.15, 0.2) is 0 Å². The molecule has 3 nitrogen and oxygen atoms in total. The second kappa shape index (κ2) is 7.22. The van der Waals surface area contributed by atoms with Crippen LogP contribution in [0.1, 0.15) is 31.7 Å². The van der Waals surface area contributed by atoms with Crippen LogP contribution in [0.25, 0.3) is 0 Å². The third kappa shape index (κ3) is 4.30. The van der Waals surface area contributed by atoms with Crippen LogP contribution >= 0.6 is 11.8 Å². The number of benzene rings is 1. The SMILES string of the molecule is CCCCCSc1cc(OC)ccc1C(=N)N. The summed E-state index contributed by atoms with van der Waals surface area (Å²) in [4.78, 5) is 1.04. The van der Waals surface area contributed by atoms with Crippen molar-refractivity contribution in [2.75, 3.05) is 12.9 Å². The van der Waals surface area contributed by atoms with E-state index in [0.717, 1.165) is 22.0 Å². The number of nitrogens with two attached hydrogens (primary N) is 1. The molecule has 0 radical (unpaired) electrons. The molecule has 1 aromatic carbocycles. The van der Waals surface area contributed by atoms with Crippen molar-refractivity contribution in [3.8, 4) is 5.75 Å². The van der Waals surface area contributed by atoms with Gasteiger partial charge in [-0.3, -0.25) is 5.41 Å². The number of nitrogen functional groups attached to an aromatic ring is 1. The van der Waals surface area contributed by atoms with Crippen molar-refractivity contribution in [3.05, 3.63) is 23.8 Å². The number of thioether (sulfide) groups is 1. The van der Waals surface area contributed by atoms with Gasteiger partial charge in [-0.25, -0.2) is 0 Å². The smallest absolute Gasteiger partial charge is 0.123 e. The Morgan fingerprint density at radius 1 is 1.41 bits per heavy atom. The molecule has 0 bridgehead atoms. The number of rotatable bonds is 7. The van der Waals surface area contributed by atoms with Gasteiger partial charge in [0.05, 0.1) is 7.11 Å². The Kier molecular flexibility index (Phi) is 5.91. The number of methoxy groups -OCH3 is 1. The van der Waals surface area contributed by atoms with Crippen LogP contribution in [0.3, 0.4) is 0 Å². The van der Waals surface area contributed by atoms with Crippen molar-refractivity contribution < 1.29 is 4.74 Å². The summed E-state index contributed by atoms with van der Waals surface area (Å²) >= 11 is 1.74. The molecule has 17 heavy (non-hydrogen) atoms. The molecule has 0 fully saturated rings. The molecule has 0 saturated carbocycles. The second-order valence-corrected chi connectivity index (χ2v) is 4.97. The largest absolute Gasteiger partial charge is 0.497 e. The molecule has 0 atom stereocenters. The third-order valence-corrected chi connectivity index (χ3v) is 3.63. The summed E-state index contributed by atoms with van der Waals surface area (Å²) in [5.41, 5.74) is 6.36. The highest BCUT2D eigenvalue weighted by Gasteiger charge is 2.07. The molecule has 0 amide bonds. The van der Waals surface area contributed by atoms with Gasteiger partial charge in [0.2, 0.25) is 0 Å². The molecule has 1 aromatic rings. The molecule has 94 valence electrons. The fourth-order valence-corrected chi connectivity index (χ4v) is 2.61. The van der Waals surface area contributed by atoms with Crippen LogP contribution in [0.5, 0.6) is 5.75 Å². The second-order valence-electron chi connectivity index (χ2n) is 3.83. The fraction of sp³-hybridized carbons (Fsp3) is 0.462. The normalized spacial score (nSPS) is 10.2. The van der Waals surface area contributed by atoms with Crippen molar-refractivity contribution in [1.29, 1.82) is 5.41 Å². The van der Waals surface area contributed by atoms with Crippen LogP contribution in [0.4, 0.5) is 0 Å². The molecule has 0 aliphatic carbocycles. The average molecular weight is 252 g/mol. The summed E-state index contributed by atoms with van der Waals surface area (Å²) in [7, 11) is 1.65. The van der Waals surface area contributed by atoms with E-state index in [-0.39, 0.29) is 5.84 Å². The summed E-state index contributed by atoms with van der Waals surface area (Å²) in [5, 5.41) is 7.54. The zero-order valence-electron chi connectivity index (χ0n) is 10.5. The van der Waals surface area contributed by atoms with Crippen LogP contribution in [-0.4, -0.2) is 18.7 Å². The van der Waals surface area contributed by atoms with E-state index in [0.29, 0.717) is 0 Å². The van der Waals surface area contributed by atoms with Gasteiger partial charge in [-0.1, -0.05) is 19.8 Å². The molecule has 3 N–H and O–H groups in total. The Bertz CT molecular complexity index is 380. The first kappa shape index (κ1) is 13.9. The van der Waals surface area contributed by atoms with Crippen LogP contribution in [0, 0.1) is 5.41 Å².